The average molecular weight is 293 g/mol. The molecule has 1 saturated heterocycles. The van der Waals surface area contributed by atoms with E-state index in [0.717, 1.165) is 37.5 Å². The van der Waals surface area contributed by atoms with Crippen molar-refractivity contribution in [2.24, 2.45) is 0 Å². The van der Waals surface area contributed by atoms with Gasteiger partial charge in [-0.15, -0.1) is 0 Å². The second-order valence-electron chi connectivity index (χ2n) is 5.80. The lowest BCUT2D eigenvalue weighted by Gasteiger charge is -2.37. The predicted octanol–water partition coefficient (Wildman–Crippen LogP) is 2.35. The molecule has 3 nitrogen and oxygen atoms in total. The van der Waals surface area contributed by atoms with Gasteiger partial charge in [-0.05, 0) is 37.4 Å². The van der Waals surface area contributed by atoms with Crippen LogP contribution < -0.4 is 4.74 Å². The highest BCUT2D eigenvalue weighted by molar-refractivity contribution is 7.99. The fourth-order valence-corrected chi connectivity index (χ4v) is 4.52. The van der Waals surface area contributed by atoms with Crippen molar-refractivity contribution < 1.29 is 9.84 Å². The maximum absolute atomic E-state index is 10.6. The Hall–Kier alpha value is -0.710. The summed E-state index contributed by atoms with van der Waals surface area (Å²) < 4.78 is 5.71. The molecule has 0 saturated carbocycles. The van der Waals surface area contributed by atoms with E-state index >= 15 is 0 Å². The van der Waals surface area contributed by atoms with Crippen LogP contribution in [0.25, 0.3) is 0 Å². The van der Waals surface area contributed by atoms with Crippen LogP contribution in [0.3, 0.4) is 0 Å². The van der Waals surface area contributed by atoms with E-state index in [0.29, 0.717) is 12.0 Å². The third-order valence-corrected chi connectivity index (χ3v) is 5.54. The van der Waals surface area contributed by atoms with Crippen LogP contribution in [-0.4, -0.2) is 53.9 Å². The van der Waals surface area contributed by atoms with Gasteiger partial charge in [0.15, 0.2) is 0 Å². The van der Waals surface area contributed by atoms with Gasteiger partial charge < -0.3 is 9.84 Å². The van der Waals surface area contributed by atoms with Crippen molar-refractivity contribution >= 4 is 11.8 Å². The first-order valence-electron chi connectivity index (χ1n) is 7.43. The zero-order valence-corrected chi connectivity index (χ0v) is 12.8. The maximum atomic E-state index is 10.6. The number of aliphatic hydroxyl groups excluding tert-OH is 1. The van der Waals surface area contributed by atoms with E-state index in [1.54, 1.807) is 0 Å². The Labute approximate surface area is 125 Å². The summed E-state index contributed by atoms with van der Waals surface area (Å²) >= 11 is 1.96. The van der Waals surface area contributed by atoms with Crippen molar-refractivity contribution in [3.8, 4) is 5.75 Å². The predicted molar refractivity (Wildman–Crippen MR) is 83.7 cm³/mol. The molecule has 1 aromatic rings. The highest BCUT2D eigenvalue weighted by atomic mass is 32.2. The van der Waals surface area contributed by atoms with Gasteiger partial charge in [0.05, 0.1) is 12.7 Å². The number of ether oxygens (including phenoxy) is 1. The van der Waals surface area contributed by atoms with Gasteiger partial charge in [-0.2, -0.15) is 11.8 Å². The minimum absolute atomic E-state index is 0.246. The van der Waals surface area contributed by atoms with Crippen molar-refractivity contribution in [3.63, 3.8) is 0 Å². The quantitative estimate of drug-likeness (QED) is 0.927. The summed E-state index contributed by atoms with van der Waals surface area (Å²) in [4.78, 5) is 2.31. The Bertz CT molecular complexity index is 454. The second-order valence-corrected chi connectivity index (χ2v) is 6.95. The topological polar surface area (TPSA) is 32.7 Å². The van der Waals surface area contributed by atoms with E-state index < -0.39 is 0 Å². The number of hydrogen-bond donors (Lipinski definition) is 1. The van der Waals surface area contributed by atoms with Gasteiger partial charge in [-0.1, -0.05) is 18.2 Å². The van der Waals surface area contributed by atoms with Crippen molar-refractivity contribution in [1.82, 2.24) is 4.90 Å². The molecule has 1 N–H and O–H groups in total. The smallest absolute Gasteiger partial charge is 0.122 e. The summed E-state index contributed by atoms with van der Waals surface area (Å²) in [6, 6.07) is 8.56. The van der Waals surface area contributed by atoms with Crippen molar-refractivity contribution in [3.05, 3.63) is 29.8 Å². The molecule has 3 rings (SSSR count). The normalized spacial score (nSPS) is 28.5. The Morgan fingerprint density at radius 3 is 3.15 bits per heavy atom. The number of aliphatic hydroxyl groups is 1. The lowest BCUT2D eigenvalue weighted by Crippen LogP contribution is -2.47. The molecule has 1 fully saturated rings. The molecule has 2 aliphatic heterocycles. The van der Waals surface area contributed by atoms with E-state index in [1.165, 1.54) is 11.3 Å². The van der Waals surface area contributed by atoms with E-state index in [2.05, 4.69) is 24.1 Å². The van der Waals surface area contributed by atoms with Crippen LogP contribution in [0.5, 0.6) is 5.75 Å². The van der Waals surface area contributed by atoms with Gasteiger partial charge >= 0.3 is 0 Å². The number of fused-ring (bicyclic) bond motifs is 1. The van der Waals surface area contributed by atoms with Crippen molar-refractivity contribution in [1.29, 1.82) is 0 Å². The summed E-state index contributed by atoms with van der Waals surface area (Å²) in [5.74, 6) is 3.65. The fourth-order valence-electron chi connectivity index (χ4n) is 3.22. The Morgan fingerprint density at radius 1 is 1.45 bits per heavy atom. The van der Waals surface area contributed by atoms with Gasteiger partial charge in [-0.25, -0.2) is 0 Å². The number of likely N-dealkylation sites (N-methyl/N-ethyl adjacent to an activating group) is 1. The zero-order chi connectivity index (χ0) is 13.9. The largest absolute Gasteiger partial charge is 0.493 e. The average Bonchev–Trinajstić information content (AvgIpc) is 2.48. The summed E-state index contributed by atoms with van der Waals surface area (Å²) in [5, 5.41) is 10.6. The number of nitrogens with zero attached hydrogens (tertiary/aromatic N) is 1. The van der Waals surface area contributed by atoms with Crippen molar-refractivity contribution in [2.45, 2.75) is 30.9 Å². The summed E-state index contributed by atoms with van der Waals surface area (Å²) in [5.41, 5.74) is 1.27. The van der Waals surface area contributed by atoms with E-state index in [1.807, 2.05) is 23.9 Å². The van der Waals surface area contributed by atoms with Crippen LogP contribution in [0.1, 0.15) is 24.3 Å². The first-order chi connectivity index (χ1) is 9.75. The first kappa shape index (κ1) is 14.2. The lowest BCUT2D eigenvalue weighted by atomic mass is 9.86. The van der Waals surface area contributed by atoms with Gasteiger partial charge in [0.25, 0.3) is 0 Å². The summed E-state index contributed by atoms with van der Waals surface area (Å²) in [6.45, 7) is 1.85. The molecule has 1 aromatic carbocycles. The molecule has 3 unspecified atom stereocenters. The van der Waals surface area contributed by atoms with Crippen LogP contribution in [0.2, 0.25) is 0 Å². The Kier molecular flexibility index (Phi) is 4.54. The molecule has 110 valence electrons. The van der Waals surface area contributed by atoms with Crippen LogP contribution in [0.4, 0.5) is 0 Å². The van der Waals surface area contributed by atoms with E-state index in [4.69, 9.17) is 4.74 Å². The van der Waals surface area contributed by atoms with Crippen LogP contribution in [0.15, 0.2) is 24.3 Å². The Morgan fingerprint density at radius 2 is 2.30 bits per heavy atom. The van der Waals surface area contributed by atoms with Crippen LogP contribution in [0, 0.1) is 0 Å². The van der Waals surface area contributed by atoms with Crippen LogP contribution in [-0.2, 0) is 0 Å². The number of para-hydroxylation sites is 1. The van der Waals surface area contributed by atoms with E-state index in [9.17, 15) is 5.11 Å². The molecule has 2 aliphatic rings. The monoisotopic (exact) mass is 293 g/mol. The van der Waals surface area contributed by atoms with Crippen molar-refractivity contribution in [2.75, 3.05) is 31.7 Å². The maximum Gasteiger partial charge on any atom is 0.122 e. The third kappa shape index (κ3) is 2.97. The third-order valence-electron chi connectivity index (χ3n) is 4.50. The molecule has 0 bridgehead atoms. The lowest BCUT2D eigenvalue weighted by molar-refractivity contribution is 0.0599. The number of benzene rings is 1. The van der Waals surface area contributed by atoms with Gasteiger partial charge in [0, 0.05) is 24.1 Å². The SMILES string of the molecule is CN1CCSCC1C(O)CC1CCOc2ccccc21. The van der Waals surface area contributed by atoms with Gasteiger partial charge in [0.1, 0.15) is 5.75 Å². The number of rotatable bonds is 3. The molecule has 0 radical (unpaired) electrons. The molecule has 20 heavy (non-hydrogen) atoms. The van der Waals surface area contributed by atoms with E-state index in [-0.39, 0.29) is 6.10 Å². The molecule has 0 spiro atoms. The zero-order valence-electron chi connectivity index (χ0n) is 12.0. The molecule has 0 aromatic heterocycles. The minimum Gasteiger partial charge on any atom is -0.493 e. The molecule has 0 aliphatic carbocycles. The molecule has 2 heterocycles. The number of thioether (sulfide) groups is 1. The fraction of sp³-hybridized carbons (Fsp3) is 0.625. The molecular weight excluding hydrogens is 270 g/mol. The van der Waals surface area contributed by atoms with Crippen LogP contribution >= 0.6 is 11.8 Å². The minimum atomic E-state index is -0.246. The number of hydrogen-bond acceptors (Lipinski definition) is 4. The molecule has 4 heteroatoms. The second kappa shape index (κ2) is 6.37. The molecule has 0 amide bonds. The van der Waals surface area contributed by atoms with Gasteiger partial charge in [0.2, 0.25) is 0 Å². The van der Waals surface area contributed by atoms with Gasteiger partial charge in [-0.3, -0.25) is 4.90 Å². The first-order valence-corrected chi connectivity index (χ1v) is 8.59. The molecule has 3 atom stereocenters. The summed E-state index contributed by atoms with van der Waals surface area (Å²) in [6.07, 6.45) is 1.61. The highest BCUT2D eigenvalue weighted by Gasteiger charge is 2.30. The highest BCUT2D eigenvalue weighted by Crippen LogP contribution is 2.37. The Balaban J connectivity index is 1.69. The summed E-state index contributed by atoms with van der Waals surface area (Å²) in [7, 11) is 2.13. The standard InChI is InChI=1S/C16H23NO2S/c1-17-7-9-20-11-14(17)15(18)10-12-6-8-19-16-5-3-2-4-13(12)16/h2-5,12,14-15,18H,6-11H2,1H3. The molecular formula is C16H23NO2S.